The third-order valence-electron chi connectivity index (χ3n) is 2.77. The summed E-state index contributed by atoms with van der Waals surface area (Å²) in [6.45, 7) is 2.01. The molecule has 2 N–H and O–H groups in total. The Morgan fingerprint density at radius 1 is 1.50 bits per heavy atom. The first-order valence-electron chi connectivity index (χ1n) is 5.95. The van der Waals surface area contributed by atoms with Crippen LogP contribution in [0.4, 0.5) is 5.69 Å². The molecule has 0 aliphatic carbocycles. The predicted molar refractivity (Wildman–Crippen MR) is 70.3 cm³/mol. The first kappa shape index (κ1) is 13.7. The minimum Gasteiger partial charge on any atom is -0.352 e. The predicted octanol–water partition coefficient (Wildman–Crippen LogP) is 0.994. The van der Waals surface area contributed by atoms with Gasteiger partial charge in [-0.05, 0) is 19.1 Å². The van der Waals surface area contributed by atoms with Gasteiger partial charge in [0.05, 0.1) is 4.92 Å². The highest BCUT2D eigenvalue weighted by atomic mass is 16.6. The molecule has 1 heterocycles. The molecule has 1 aromatic carbocycles. The molecule has 0 bridgehead atoms. The number of hydrogen-bond donors (Lipinski definition) is 2. The molecule has 0 radical (unpaired) electrons. The van der Waals surface area contributed by atoms with Gasteiger partial charge in [-0.25, -0.2) is 4.98 Å². The maximum Gasteiger partial charge on any atom is 0.272 e. The summed E-state index contributed by atoms with van der Waals surface area (Å²) >= 11 is 0. The number of nitrogens with zero attached hydrogens (tertiary/aromatic N) is 3. The molecule has 1 amide bonds. The van der Waals surface area contributed by atoms with Crippen LogP contribution in [0.2, 0.25) is 0 Å². The van der Waals surface area contributed by atoms with Crippen molar-refractivity contribution in [3.63, 3.8) is 0 Å². The van der Waals surface area contributed by atoms with E-state index in [4.69, 9.17) is 0 Å². The summed E-state index contributed by atoms with van der Waals surface area (Å²) in [5.41, 5.74) is 0.853. The molecule has 104 valence electrons. The van der Waals surface area contributed by atoms with Crippen LogP contribution in [0, 0.1) is 17.0 Å². The van der Waals surface area contributed by atoms with Gasteiger partial charge in [0.1, 0.15) is 12.2 Å². The Labute approximate surface area is 114 Å². The quantitative estimate of drug-likeness (QED) is 0.624. The normalized spacial score (nSPS) is 10.2. The van der Waals surface area contributed by atoms with Gasteiger partial charge in [-0.15, -0.1) is 0 Å². The average Bonchev–Trinajstić information content (AvgIpc) is 2.91. The Morgan fingerprint density at radius 3 is 2.90 bits per heavy atom. The van der Waals surface area contributed by atoms with E-state index in [2.05, 4.69) is 20.5 Å². The summed E-state index contributed by atoms with van der Waals surface area (Å²) < 4.78 is 0. The van der Waals surface area contributed by atoms with E-state index in [1.165, 1.54) is 24.5 Å². The SMILES string of the molecule is Cc1cc(C(=O)NCCc2ncn[nH]2)ccc1[N+](=O)[O-]. The van der Waals surface area contributed by atoms with E-state index in [1.807, 2.05) is 0 Å². The van der Waals surface area contributed by atoms with Gasteiger partial charge < -0.3 is 5.32 Å². The fourth-order valence-electron chi connectivity index (χ4n) is 1.75. The number of rotatable bonds is 5. The Balaban J connectivity index is 1.95. The number of aromatic amines is 1. The van der Waals surface area contributed by atoms with Crippen LogP contribution >= 0.6 is 0 Å². The molecular weight excluding hydrogens is 262 g/mol. The molecule has 20 heavy (non-hydrogen) atoms. The van der Waals surface area contributed by atoms with Gasteiger partial charge in [0.15, 0.2) is 0 Å². The molecule has 0 saturated carbocycles. The van der Waals surface area contributed by atoms with Gasteiger partial charge >= 0.3 is 0 Å². The number of nitrogens with one attached hydrogen (secondary N) is 2. The van der Waals surface area contributed by atoms with Crippen molar-refractivity contribution in [2.75, 3.05) is 6.54 Å². The minimum absolute atomic E-state index is 0.00297. The molecule has 0 spiro atoms. The number of benzene rings is 1. The van der Waals surface area contributed by atoms with E-state index in [-0.39, 0.29) is 11.6 Å². The van der Waals surface area contributed by atoms with Crippen LogP contribution in [0.3, 0.4) is 0 Å². The Kier molecular flexibility index (Phi) is 4.04. The largest absolute Gasteiger partial charge is 0.352 e. The Hall–Kier alpha value is -2.77. The molecule has 0 unspecified atom stereocenters. The maximum atomic E-state index is 11.9. The van der Waals surface area contributed by atoms with Crippen LogP contribution < -0.4 is 5.32 Å². The van der Waals surface area contributed by atoms with Gasteiger partial charge in [-0.1, -0.05) is 0 Å². The first-order chi connectivity index (χ1) is 9.58. The Bertz CT molecular complexity index is 624. The van der Waals surface area contributed by atoms with Crippen molar-refractivity contribution in [3.8, 4) is 0 Å². The maximum absolute atomic E-state index is 11.9. The number of aryl methyl sites for hydroxylation is 1. The third-order valence-corrected chi connectivity index (χ3v) is 2.77. The fraction of sp³-hybridized carbons (Fsp3) is 0.250. The standard InChI is InChI=1S/C12H13N5O3/c1-8-6-9(2-3-10(8)17(19)20)12(18)13-5-4-11-14-7-15-16-11/h2-3,6-7H,4-5H2,1H3,(H,13,18)(H,14,15,16). The number of hydrogen-bond acceptors (Lipinski definition) is 5. The number of nitro groups is 1. The highest BCUT2D eigenvalue weighted by molar-refractivity contribution is 5.94. The number of aromatic nitrogens is 3. The second kappa shape index (κ2) is 5.91. The van der Waals surface area contributed by atoms with E-state index in [0.29, 0.717) is 29.9 Å². The molecule has 2 rings (SSSR count). The number of amides is 1. The van der Waals surface area contributed by atoms with Crippen molar-refractivity contribution < 1.29 is 9.72 Å². The van der Waals surface area contributed by atoms with Gasteiger partial charge in [0, 0.05) is 30.2 Å². The summed E-state index contributed by atoms with van der Waals surface area (Å²) in [6.07, 6.45) is 1.94. The number of carbonyl (C=O) groups is 1. The zero-order chi connectivity index (χ0) is 14.5. The zero-order valence-electron chi connectivity index (χ0n) is 10.8. The molecule has 2 aromatic rings. The van der Waals surface area contributed by atoms with Gasteiger partial charge in [-0.2, -0.15) is 5.10 Å². The summed E-state index contributed by atoms with van der Waals surface area (Å²) in [4.78, 5) is 26.0. The van der Waals surface area contributed by atoms with Crippen molar-refractivity contribution in [2.45, 2.75) is 13.3 Å². The van der Waals surface area contributed by atoms with E-state index in [0.717, 1.165) is 0 Å². The molecule has 0 aliphatic heterocycles. The molecule has 0 aliphatic rings. The molecule has 8 heteroatoms. The summed E-state index contributed by atoms with van der Waals surface area (Å²) in [5, 5.41) is 19.8. The number of nitro benzene ring substituents is 1. The van der Waals surface area contributed by atoms with Gasteiger partial charge in [-0.3, -0.25) is 20.0 Å². The van der Waals surface area contributed by atoms with Crippen molar-refractivity contribution in [3.05, 3.63) is 51.6 Å². The molecule has 0 fully saturated rings. The monoisotopic (exact) mass is 275 g/mol. The molecule has 0 saturated heterocycles. The zero-order valence-corrected chi connectivity index (χ0v) is 10.8. The second-order valence-electron chi connectivity index (χ2n) is 4.20. The first-order valence-corrected chi connectivity index (χ1v) is 5.95. The lowest BCUT2D eigenvalue weighted by molar-refractivity contribution is -0.385. The number of H-pyrrole nitrogens is 1. The van der Waals surface area contributed by atoms with E-state index in [9.17, 15) is 14.9 Å². The summed E-state index contributed by atoms with van der Waals surface area (Å²) in [6, 6.07) is 4.28. The highest BCUT2D eigenvalue weighted by Crippen LogP contribution is 2.18. The Morgan fingerprint density at radius 2 is 2.30 bits per heavy atom. The van der Waals surface area contributed by atoms with Crippen LogP contribution in [0.15, 0.2) is 24.5 Å². The van der Waals surface area contributed by atoms with Crippen molar-refractivity contribution in [1.29, 1.82) is 0 Å². The summed E-state index contributed by atoms with van der Waals surface area (Å²) in [5.74, 6) is 0.410. The molecule has 8 nitrogen and oxygen atoms in total. The van der Waals surface area contributed by atoms with Crippen molar-refractivity contribution >= 4 is 11.6 Å². The van der Waals surface area contributed by atoms with E-state index >= 15 is 0 Å². The van der Waals surface area contributed by atoms with Crippen LogP contribution in [0.1, 0.15) is 21.7 Å². The van der Waals surface area contributed by atoms with E-state index < -0.39 is 4.92 Å². The lowest BCUT2D eigenvalue weighted by Gasteiger charge is -2.05. The van der Waals surface area contributed by atoms with E-state index in [1.54, 1.807) is 6.92 Å². The third kappa shape index (κ3) is 3.16. The number of carbonyl (C=O) groups excluding carboxylic acids is 1. The molecular formula is C12H13N5O3. The second-order valence-corrected chi connectivity index (χ2v) is 4.20. The average molecular weight is 275 g/mol. The van der Waals surface area contributed by atoms with Crippen LogP contribution in [-0.4, -0.2) is 32.6 Å². The van der Waals surface area contributed by atoms with Crippen molar-refractivity contribution in [2.24, 2.45) is 0 Å². The van der Waals surface area contributed by atoms with Crippen LogP contribution in [0.5, 0.6) is 0 Å². The fourth-order valence-corrected chi connectivity index (χ4v) is 1.75. The van der Waals surface area contributed by atoms with Crippen LogP contribution in [-0.2, 0) is 6.42 Å². The molecule has 1 aromatic heterocycles. The lowest BCUT2D eigenvalue weighted by atomic mass is 10.1. The van der Waals surface area contributed by atoms with Gasteiger partial charge in [0.2, 0.25) is 0 Å². The van der Waals surface area contributed by atoms with Crippen molar-refractivity contribution in [1.82, 2.24) is 20.5 Å². The molecule has 0 atom stereocenters. The lowest BCUT2D eigenvalue weighted by Crippen LogP contribution is -2.26. The summed E-state index contributed by atoms with van der Waals surface area (Å²) in [7, 11) is 0. The van der Waals surface area contributed by atoms with Crippen LogP contribution in [0.25, 0.3) is 0 Å². The topological polar surface area (TPSA) is 114 Å². The smallest absolute Gasteiger partial charge is 0.272 e. The van der Waals surface area contributed by atoms with Gasteiger partial charge in [0.25, 0.3) is 11.6 Å². The minimum atomic E-state index is -0.471. The highest BCUT2D eigenvalue weighted by Gasteiger charge is 2.13.